The molecule has 0 N–H and O–H groups in total. The molecule has 4 bridgehead atoms. The first-order chi connectivity index (χ1) is 26.5. The highest BCUT2D eigenvalue weighted by Gasteiger charge is 2.61. The van der Waals surface area contributed by atoms with Gasteiger partial charge in [-0.2, -0.15) is 0 Å². The number of anilines is 3. The van der Waals surface area contributed by atoms with E-state index in [1.54, 1.807) is 11.1 Å². The van der Waals surface area contributed by atoms with Crippen molar-refractivity contribution in [3.63, 3.8) is 0 Å². The van der Waals surface area contributed by atoms with E-state index in [4.69, 9.17) is 0 Å². The van der Waals surface area contributed by atoms with Crippen LogP contribution in [-0.2, 0) is 10.8 Å². The maximum atomic E-state index is 2.59. The van der Waals surface area contributed by atoms with Crippen LogP contribution < -0.4 is 4.90 Å². The molecule has 7 aromatic rings. The summed E-state index contributed by atoms with van der Waals surface area (Å²) in [6.07, 6.45) is 7.05. The average Bonchev–Trinajstić information content (AvgIpc) is 3.63. The van der Waals surface area contributed by atoms with Crippen LogP contribution >= 0.6 is 0 Å². The van der Waals surface area contributed by atoms with Crippen LogP contribution in [0.2, 0.25) is 0 Å². The third kappa shape index (κ3) is 4.11. The van der Waals surface area contributed by atoms with Gasteiger partial charge in [0.05, 0.1) is 5.69 Å². The van der Waals surface area contributed by atoms with Crippen LogP contribution in [0.15, 0.2) is 152 Å². The fraction of sp³-hybridized carbons (Fsp3) is 0.245. The minimum absolute atomic E-state index is 0.0801. The largest absolute Gasteiger partial charge is 0.310 e. The quantitative estimate of drug-likeness (QED) is 0.177. The van der Waals surface area contributed by atoms with Gasteiger partial charge >= 0.3 is 0 Å². The molecular weight excluding hydrogens is 651 g/mol. The first-order valence-electron chi connectivity index (χ1n) is 20.4. The average molecular weight is 696 g/mol. The second-order valence-electron chi connectivity index (χ2n) is 17.8. The zero-order chi connectivity index (χ0) is 35.8. The van der Waals surface area contributed by atoms with E-state index >= 15 is 0 Å². The highest BCUT2D eigenvalue weighted by Crippen LogP contribution is 2.70. The van der Waals surface area contributed by atoms with Crippen LogP contribution in [0.4, 0.5) is 17.1 Å². The van der Waals surface area contributed by atoms with Gasteiger partial charge in [-0.1, -0.05) is 129 Å². The summed E-state index contributed by atoms with van der Waals surface area (Å²) >= 11 is 0. The molecule has 1 nitrogen and oxygen atoms in total. The van der Waals surface area contributed by atoms with Crippen LogP contribution in [0.1, 0.15) is 68.2 Å². The first-order valence-corrected chi connectivity index (χ1v) is 20.4. The fourth-order valence-corrected chi connectivity index (χ4v) is 12.8. The Kier molecular flexibility index (Phi) is 6.36. The van der Waals surface area contributed by atoms with E-state index in [-0.39, 0.29) is 10.8 Å². The van der Waals surface area contributed by atoms with E-state index in [0.29, 0.717) is 0 Å². The zero-order valence-corrected chi connectivity index (χ0v) is 31.2. The molecule has 7 aromatic carbocycles. The molecule has 54 heavy (non-hydrogen) atoms. The maximum absolute atomic E-state index is 2.59. The molecule has 6 aliphatic rings. The number of benzene rings is 7. The molecule has 0 saturated heterocycles. The van der Waals surface area contributed by atoms with Gasteiger partial charge in [0.1, 0.15) is 0 Å². The lowest BCUT2D eigenvalue weighted by molar-refractivity contribution is -0.0399. The summed E-state index contributed by atoms with van der Waals surface area (Å²) in [5.74, 6) is 3.32. The molecule has 0 atom stereocenters. The molecule has 0 aliphatic heterocycles. The zero-order valence-electron chi connectivity index (χ0n) is 31.2. The fourth-order valence-electron chi connectivity index (χ4n) is 12.8. The Balaban J connectivity index is 1.06. The Hall–Kier alpha value is -5.40. The third-order valence-corrected chi connectivity index (χ3v) is 14.8. The summed E-state index contributed by atoms with van der Waals surface area (Å²) in [4.78, 5) is 2.59. The van der Waals surface area contributed by atoms with Crippen molar-refractivity contribution in [2.45, 2.75) is 56.8 Å². The third-order valence-electron chi connectivity index (χ3n) is 14.8. The van der Waals surface area contributed by atoms with Gasteiger partial charge in [0.15, 0.2) is 0 Å². The molecule has 0 radical (unpaired) electrons. The normalized spacial score (nSPS) is 24.7. The molecule has 0 unspecified atom stereocenters. The molecule has 4 saturated carbocycles. The monoisotopic (exact) mass is 695 g/mol. The number of hydrogen-bond donors (Lipinski definition) is 0. The van der Waals surface area contributed by atoms with Gasteiger partial charge in [0.2, 0.25) is 0 Å². The Morgan fingerprint density at radius 1 is 0.444 bits per heavy atom. The molecule has 13 rings (SSSR count). The van der Waals surface area contributed by atoms with Gasteiger partial charge in [-0.15, -0.1) is 0 Å². The Morgan fingerprint density at radius 2 is 1.06 bits per heavy atom. The maximum Gasteiger partial charge on any atom is 0.0543 e. The van der Waals surface area contributed by atoms with Crippen molar-refractivity contribution in [2.24, 2.45) is 23.7 Å². The molecule has 1 heteroatoms. The summed E-state index contributed by atoms with van der Waals surface area (Å²) in [5, 5.41) is 2.56. The SMILES string of the molecule is CC1(C)c2ccccc2-c2ccc(N(c3ccc(-c4ccc5ccccc5c4)cc3)c3cccc4c3-c3ccccc3C43C4CC5CC(C4)CC3C5)cc21. The predicted octanol–water partition coefficient (Wildman–Crippen LogP) is 14.0. The smallest absolute Gasteiger partial charge is 0.0543 e. The van der Waals surface area contributed by atoms with Crippen LogP contribution in [0.25, 0.3) is 44.2 Å². The number of fused-ring (bicyclic) bond motifs is 7. The van der Waals surface area contributed by atoms with E-state index in [0.717, 1.165) is 23.7 Å². The van der Waals surface area contributed by atoms with E-state index in [1.165, 1.54) is 104 Å². The summed E-state index contributed by atoms with van der Waals surface area (Å²) < 4.78 is 0. The second kappa shape index (κ2) is 11.1. The predicted molar refractivity (Wildman–Crippen MR) is 225 cm³/mol. The molecular formula is C53H45N. The van der Waals surface area contributed by atoms with Crippen molar-refractivity contribution in [1.29, 1.82) is 0 Å². The molecule has 4 fully saturated rings. The van der Waals surface area contributed by atoms with Gasteiger partial charge in [-0.3, -0.25) is 0 Å². The first kappa shape index (κ1) is 31.0. The minimum atomic E-state index is -0.0801. The van der Waals surface area contributed by atoms with Crippen LogP contribution in [0.5, 0.6) is 0 Å². The highest BCUT2D eigenvalue weighted by atomic mass is 15.1. The van der Waals surface area contributed by atoms with Crippen molar-refractivity contribution >= 4 is 27.8 Å². The van der Waals surface area contributed by atoms with Gasteiger partial charge < -0.3 is 4.90 Å². The number of rotatable bonds is 4. The lowest BCUT2D eigenvalue weighted by atomic mass is 9.43. The summed E-state index contributed by atoms with van der Waals surface area (Å²) in [6, 6.07) is 58.1. The highest BCUT2D eigenvalue weighted by molar-refractivity contribution is 5.97. The van der Waals surface area contributed by atoms with Gasteiger partial charge in [-0.05, 0) is 153 Å². The molecule has 1 spiro atoms. The minimum Gasteiger partial charge on any atom is -0.310 e. The van der Waals surface area contributed by atoms with Crippen molar-refractivity contribution in [2.75, 3.05) is 4.90 Å². The van der Waals surface area contributed by atoms with Crippen LogP contribution in [0, 0.1) is 23.7 Å². The van der Waals surface area contributed by atoms with Crippen molar-refractivity contribution < 1.29 is 0 Å². The lowest BCUT2D eigenvalue weighted by Crippen LogP contribution is -2.55. The Bertz CT molecular complexity index is 2630. The van der Waals surface area contributed by atoms with Crippen molar-refractivity contribution in [1.82, 2.24) is 0 Å². The van der Waals surface area contributed by atoms with E-state index < -0.39 is 0 Å². The van der Waals surface area contributed by atoms with Gasteiger partial charge in [0.25, 0.3) is 0 Å². The molecule has 262 valence electrons. The van der Waals surface area contributed by atoms with Gasteiger partial charge in [-0.25, -0.2) is 0 Å². The molecule has 0 aromatic heterocycles. The Labute approximate surface area is 319 Å². The van der Waals surface area contributed by atoms with Gasteiger partial charge in [0, 0.05) is 27.8 Å². The van der Waals surface area contributed by atoms with Crippen molar-refractivity contribution in [3.8, 4) is 33.4 Å². The second-order valence-corrected chi connectivity index (χ2v) is 17.8. The number of nitrogens with zero attached hydrogens (tertiary/aromatic N) is 1. The van der Waals surface area contributed by atoms with Crippen LogP contribution in [0.3, 0.4) is 0 Å². The van der Waals surface area contributed by atoms with Crippen LogP contribution in [-0.4, -0.2) is 0 Å². The van der Waals surface area contributed by atoms with E-state index in [2.05, 4.69) is 170 Å². The van der Waals surface area contributed by atoms with E-state index in [1.807, 2.05) is 0 Å². The summed E-state index contributed by atoms with van der Waals surface area (Å²) in [6.45, 7) is 4.80. The van der Waals surface area contributed by atoms with E-state index in [9.17, 15) is 0 Å². The number of hydrogen-bond acceptors (Lipinski definition) is 1. The molecule has 0 heterocycles. The molecule has 0 amide bonds. The molecule has 6 aliphatic carbocycles. The standard InChI is InChI=1S/C53H45N/c1-52(2)46-14-7-5-12-43(46)44-25-24-42(32-49(44)52)54(41-22-20-36(21-23-41)38-19-18-35-10-3-4-11-37(35)31-38)50-17-9-16-48-51(50)45-13-6-8-15-47(45)53(48)39-27-33-26-34(29-39)30-40(53)28-33/h3-25,31-34,39-40H,26-30H2,1-2H3. The summed E-state index contributed by atoms with van der Waals surface area (Å²) in [5.41, 5.74) is 18.0. The topological polar surface area (TPSA) is 3.24 Å². The van der Waals surface area contributed by atoms with Crippen molar-refractivity contribution in [3.05, 3.63) is 174 Å². The lowest BCUT2D eigenvalue weighted by Gasteiger charge is -2.61. The summed E-state index contributed by atoms with van der Waals surface area (Å²) in [7, 11) is 0. The Morgan fingerprint density at radius 3 is 1.83 bits per heavy atom.